The minimum Gasteiger partial charge on any atom is -0.865 e. The van der Waals surface area contributed by atoms with Crippen molar-refractivity contribution < 1.29 is 61.4 Å². The summed E-state index contributed by atoms with van der Waals surface area (Å²) >= 11 is 0.836. The minimum atomic E-state index is -0.585. The number of nitro groups is 1. The zero-order valence-electron chi connectivity index (χ0n) is 5.23. The van der Waals surface area contributed by atoms with Gasteiger partial charge in [0.05, 0.1) is 10.3 Å². The third-order valence-corrected chi connectivity index (χ3v) is 1.48. The van der Waals surface area contributed by atoms with Gasteiger partial charge in [-0.05, 0) is 5.06 Å². The molecule has 10 heavy (non-hydrogen) atoms. The normalized spacial score (nSPS) is 8.40. The summed E-state index contributed by atoms with van der Waals surface area (Å²) in [5, 5.41) is 21.1. The van der Waals surface area contributed by atoms with Crippen molar-refractivity contribution in [3.8, 4) is 5.06 Å². The summed E-state index contributed by atoms with van der Waals surface area (Å²) < 4.78 is 0. The van der Waals surface area contributed by atoms with Crippen LogP contribution in [-0.4, -0.2) is 4.92 Å². The molecule has 0 aliphatic rings. The molecular weight excluding hydrogens is 181 g/mol. The predicted octanol–water partition coefficient (Wildman–Crippen LogP) is -2.27. The fourth-order valence-electron chi connectivity index (χ4n) is 0.403. The molecule has 0 unspecified atom stereocenters. The van der Waals surface area contributed by atoms with Gasteiger partial charge in [-0.1, -0.05) is 0 Å². The molecule has 0 atom stereocenters. The van der Waals surface area contributed by atoms with Crippen molar-refractivity contribution in [1.29, 1.82) is 0 Å². The summed E-state index contributed by atoms with van der Waals surface area (Å²) in [6.45, 7) is 0. The summed E-state index contributed by atoms with van der Waals surface area (Å²) in [5.74, 6) is 0. The first-order valence-electron chi connectivity index (χ1n) is 2.10. The van der Waals surface area contributed by atoms with Gasteiger partial charge in [-0.25, -0.2) is 0 Å². The molecule has 1 aromatic rings. The summed E-state index contributed by atoms with van der Waals surface area (Å²) in [6.07, 6.45) is 0. The van der Waals surface area contributed by atoms with E-state index in [1.807, 2.05) is 0 Å². The van der Waals surface area contributed by atoms with Gasteiger partial charge in [-0.15, -0.1) is 0 Å². The van der Waals surface area contributed by atoms with Crippen molar-refractivity contribution in [2.45, 2.75) is 0 Å². The Bertz CT molecular complexity index is 236. The maximum Gasteiger partial charge on any atom is 1.00 e. The number of thiophene rings is 1. The molecule has 0 aliphatic carbocycles. The second-order valence-corrected chi connectivity index (χ2v) is 2.25. The Kier molecular flexibility index (Phi) is 4.66. The molecule has 0 saturated carbocycles. The van der Waals surface area contributed by atoms with Gasteiger partial charge in [0.25, 0.3) is 5.69 Å². The Labute approximate surface area is 103 Å². The Morgan fingerprint density at radius 3 is 2.40 bits per heavy atom. The van der Waals surface area contributed by atoms with Crippen LogP contribution in [0, 0.1) is 10.1 Å². The van der Waals surface area contributed by atoms with Gasteiger partial charge in [0.1, 0.15) is 0 Å². The average Bonchev–Trinajstić information content (AvgIpc) is 2.14. The van der Waals surface area contributed by atoms with Gasteiger partial charge < -0.3 is 5.11 Å². The molecule has 48 valence electrons. The van der Waals surface area contributed by atoms with Crippen molar-refractivity contribution in [2.75, 3.05) is 0 Å². The number of hydrogen-bond donors (Lipinski definition) is 0. The molecule has 0 aromatic carbocycles. The van der Waals surface area contributed by atoms with E-state index < -0.39 is 4.92 Å². The van der Waals surface area contributed by atoms with Crippen LogP contribution in [0.1, 0.15) is 0 Å². The smallest absolute Gasteiger partial charge is 0.865 e. The molecule has 1 aromatic heterocycles. The Morgan fingerprint density at radius 1 is 1.60 bits per heavy atom. The summed E-state index contributed by atoms with van der Waals surface area (Å²) in [5.41, 5.74) is -0.120. The molecule has 0 fully saturated rings. The largest absolute Gasteiger partial charge is 1.00 e. The third-order valence-electron chi connectivity index (χ3n) is 0.772. The van der Waals surface area contributed by atoms with Gasteiger partial charge in [-0.2, -0.15) is 11.3 Å². The second kappa shape index (κ2) is 4.42. The molecular formula is C4H2KNO3S. The number of rotatable bonds is 1. The SMILES string of the molecule is O=[N+]([O-])c1csc([O-])c1.[K+]. The Hall–Kier alpha value is 0.536. The van der Waals surface area contributed by atoms with Crippen LogP contribution in [0.15, 0.2) is 11.4 Å². The zero-order valence-corrected chi connectivity index (χ0v) is 9.17. The number of hydrogen-bond acceptors (Lipinski definition) is 4. The molecule has 6 heteroatoms. The standard InChI is InChI=1S/C4H3NO3S.K/c6-4-1-3(2-9-4)5(7)8;/h1-2,6H;/q;+1/p-1. The van der Waals surface area contributed by atoms with Gasteiger partial charge in [-0.3, -0.25) is 10.1 Å². The van der Waals surface area contributed by atoms with E-state index in [1.165, 1.54) is 5.38 Å². The molecule has 0 spiro atoms. The first kappa shape index (κ1) is 10.5. The van der Waals surface area contributed by atoms with Crippen LogP contribution in [0.3, 0.4) is 0 Å². The maximum absolute atomic E-state index is 10.3. The van der Waals surface area contributed by atoms with E-state index in [-0.39, 0.29) is 62.1 Å². The van der Waals surface area contributed by atoms with Crippen LogP contribution in [0.5, 0.6) is 5.06 Å². The Morgan fingerprint density at radius 2 is 2.20 bits per heavy atom. The molecule has 0 N–H and O–H groups in total. The van der Waals surface area contributed by atoms with E-state index in [9.17, 15) is 15.2 Å². The van der Waals surface area contributed by atoms with Crippen molar-refractivity contribution in [3.63, 3.8) is 0 Å². The van der Waals surface area contributed by atoms with Crippen LogP contribution in [0.4, 0.5) is 5.69 Å². The van der Waals surface area contributed by atoms with Crippen LogP contribution >= 0.6 is 11.3 Å². The topological polar surface area (TPSA) is 66.2 Å². The second-order valence-electron chi connectivity index (χ2n) is 1.38. The van der Waals surface area contributed by atoms with Crippen molar-refractivity contribution >= 4 is 17.0 Å². The molecule has 0 aliphatic heterocycles. The molecule has 0 saturated heterocycles. The summed E-state index contributed by atoms with van der Waals surface area (Å²) in [7, 11) is 0. The summed E-state index contributed by atoms with van der Waals surface area (Å²) in [6, 6.07) is 1.00. The molecule has 0 bridgehead atoms. The molecule has 0 radical (unpaired) electrons. The molecule has 4 nitrogen and oxygen atoms in total. The summed E-state index contributed by atoms with van der Waals surface area (Å²) in [4.78, 5) is 9.30. The zero-order chi connectivity index (χ0) is 6.85. The first-order chi connectivity index (χ1) is 4.20. The van der Waals surface area contributed by atoms with E-state index in [2.05, 4.69) is 0 Å². The van der Waals surface area contributed by atoms with Crippen LogP contribution < -0.4 is 56.5 Å². The van der Waals surface area contributed by atoms with Gasteiger partial charge >= 0.3 is 51.4 Å². The van der Waals surface area contributed by atoms with Crippen molar-refractivity contribution in [2.24, 2.45) is 0 Å². The van der Waals surface area contributed by atoms with Crippen LogP contribution in [0.2, 0.25) is 0 Å². The van der Waals surface area contributed by atoms with E-state index >= 15 is 0 Å². The number of nitrogens with zero attached hydrogens (tertiary/aromatic N) is 1. The minimum absolute atomic E-state index is 0. The van der Waals surface area contributed by atoms with E-state index in [0.29, 0.717) is 0 Å². The van der Waals surface area contributed by atoms with Crippen LogP contribution in [-0.2, 0) is 0 Å². The van der Waals surface area contributed by atoms with Gasteiger partial charge in [0.15, 0.2) is 0 Å². The maximum atomic E-state index is 10.3. The van der Waals surface area contributed by atoms with Gasteiger partial charge in [0, 0.05) is 6.07 Å². The molecule has 0 amide bonds. The van der Waals surface area contributed by atoms with Crippen molar-refractivity contribution in [1.82, 2.24) is 0 Å². The first-order valence-corrected chi connectivity index (χ1v) is 2.98. The van der Waals surface area contributed by atoms with E-state index in [1.54, 1.807) is 0 Å². The van der Waals surface area contributed by atoms with E-state index in [0.717, 1.165) is 17.4 Å². The monoisotopic (exact) mass is 183 g/mol. The molecule has 1 heterocycles. The van der Waals surface area contributed by atoms with Crippen molar-refractivity contribution in [3.05, 3.63) is 21.6 Å². The fraction of sp³-hybridized carbons (Fsp3) is 0. The quantitative estimate of drug-likeness (QED) is 0.280. The predicted molar refractivity (Wildman–Crippen MR) is 30.4 cm³/mol. The third kappa shape index (κ3) is 2.65. The van der Waals surface area contributed by atoms with Gasteiger partial charge in [0.2, 0.25) is 0 Å². The Balaban J connectivity index is 0.000000810. The molecule has 1 rings (SSSR count). The van der Waals surface area contributed by atoms with E-state index in [4.69, 9.17) is 0 Å². The fourth-order valence-corrected chi connectivity index (χ4v) is 0.983. The average molecular weight is 183 g/mol. The van der Waals surface area contributed by atoms with Crippen LogP contribution in [0.25, 0.3) is 0 Å².